The Labute approximate surface area is 116 Å². The number of anilines is 1. The molecule has 0 radical (unpaired) electrons. The van der Waals surface area contributed by atoms with Crippen molar-refractivity contribution in [1.29, 1.82) is 0 Å². The van der Waals surface area contributed by atoms with Gasteiger partial charge in [-0.3, -0.25) is 0 Å². The van der Waals surface area contributed by atoms with E-state index < -0.39 is 0 Å². The zero-order valence-corrected chi connectivity index (χ0v) is 12.6. The maximum atomic E-state index is 6.35. The molecule has 3 nitrogen and oxygen atoms in total. The number of hydrogen-bond donors (Lipinski definition) is 1. The first-order valence-corrected chi connectivity index (χ1v) is 7.09. The van der Waals surface area contributed by atoms with Gasteiger partial charge in [0.15, 0.2) is 0 Å². The van der Waals surface area contributed by atoms with E-state index in [1.807, 2.05) is 12.3 Å². The number of nitrogens with zero attached hydrogens (tertiary/aromatic N) is 2. The van der Waals surface area contributed by atoms with E-state index in [4.69, 9.17) is 11.6 Å². The summed E-state index contributed by atoms with van der Waals surface area (Å²) in [6.45, 7) is 11.3. The van der Waals surface area contributed by atoms with Gasteiger partial charge in [0.25, 0.3) is 0 Å². The summed E-state index contributed by atoms with van der Waals surface area (Å²) in [5.74, 6) is 0.897. The Morgan fingerprint density at radius 2 is 2.11 bits per heavy atom. The zero-order chi connectivity index (χ0) is 13.5. The highest BCUT2D eigenvalue weighted by Gasteiger charge is 2.14. The van der Waals surface area contributed by atoms with Crippen molar-refractivity contribution in [2.45, 2.75) is 46.7 Å². The van der Waals surface area contributed by atoms with Gasteiger partial charge in [-0.1, -0.05) is 25.4 Å². The molecule has 0 aliphatic heterocycles. The van der Waals surface area contributed by atoms with Gasteiger partial charge in [-0.15, -0.1) is 0 Å². The number of hydrogen-bond acceptors (Lipinski definition) is 3. The quantitative estimate of drug-likeness (QED) is 0.822. The van der Waals surface area contributed by atoms with Crippen molar-refractivity contribution in [3.63, 3.8) is 0 Å². The van der Waals surface area contributed by atoms with Crippen molar-refractivity contribution in [3.8, 4) is 0 Å². The molecule has 0 unspecified atom stereocenters. The third-order valence-electron chi connectivity index (χ3n) is 2.82. The van der Waals surface area contributed by atoms with Crippen LogP contribution < -0.4 is 10.2 Å². The third-order valence-corrected chi connectivity index (χ3v) is 3.10. The van der Waals surface area contributed by atoms with Crippen LogP contribution in [0.1, 0.15) is 39.7 Å². The number of pyridine rings is 1. The molecule has 0 amide bonds. The Kier molecular flexibility index (Phi) is 6.44. The topological polar surface area (TPSA) is 28.2 Å². The van der Waals surface area contributed by atoms with Crippen molar-refractivity contribution >= 4 is 17.4 Å². The second-order valence-electron chi connectivity index (χ2n) is 4.72. The van der Waals surface area contributed by atoms with Gasteiger partial charge in [-0.25, -0.2) is 4.98 Å². The van der Waals surface area contributed by atoms with Crippen molar-refractivity contribution in [1.82, 2.24) is 10.3 Å². The van der Waals surface area contributed by atoms with Crippen molar-refractivity contribution in [3.05, 3.63) is 22.8 Å². The Morgan fingerprint density at radius 3 is 2.61 bits per heavy atom. The largest absolute Gasteiger partial charge is 0.353 e. The molecule has 0 atom stereocenters. The summed E-state index contributed by atoms with van der Waals surface area (Å²) in [5, 5.41) is 4.02. The minimum Gasteiger partial charge on any atom is -0.353 e. The van der Waals surface area contributed by atoms with Crippen molar-refractivity contribution in [2.24, 2.45) is 0 Å². The molecule has 1 aromatic rings. The lowest BCUT2D eigenvalue weighted by Gasteiger charge is -2.28. The fourth-order valence-corrected chi connectivity index (χ4v) is 2.19. The van der Waals surface area contributed by atoms with Crippen LogP contribution in [0.3, 0.4) is 0 Å². The van der Waals surface area contributed by atoms with E-state index in [1.54, 1.807) is 0 Å². The van der Waals surface area contributed by atoms with E-state index in [0.717, 1.165) is 42.5 Å². The summed E-state index contributed by atoms with van der Waals surface area (Å²) < 4.78 is 0. The van der Waals surface area contributed by atoms with Crippen LogP contribution in [0.15, 0.2) is 12.3 Å². The fraction of sp³-hybridized carbons (Fsp3) is 0.643. The maximum absolute atomic E-state index is 6.35. The normalized spacial score (nSPS) is 11.0. The molecule has 1 heterocycles. The van der Waals surface area contributed by atoms with Crippen LogP contribution in [0.2, 0.25) is 5.02 Å². The molecule has 0 spiro atoms. The molecule has 0 saturated carbocycles. The molecule has 18 heavy (non-hydrogen) atoms. The summed E-state index contributed by atoms with van der Waals surface area (Å²) in [4.78, 5) is 6.77. The molecule has 102 valence electrons. The summed E-state index contributed by atoms with van der Waals surface area (Å²) in [7, 11) is 0. The molecular weight excluding hydrogens is 246 g/mol. The van der Waals surface area contributed by atoms with Crippen molar-refractivity contribution in [2.75, 3.05) is 18.0 Å². The first-order valence-electron chi connectivity index (χ1n) is 6.71. The molecule has 0 bridgehead atoms. The molecule has 0 aromatic carbocycles. The molecule has 0 aliphatic rings. The SMILES string of the molecule is CCCN(c1ncc(CNCC)cc1Cl)C(C)C. The third kappa shape index (κ3) is 4.14. The minimum atomic E-state index is 0.412. The van der Waals surface area contributed by atoms with Crippen molar-refractivity contribution < 1.29 is 0 Å². The maximum Gasteiger partial charge on any atom is 0.147 e. The monoisotopic (exact) mass is 269 g/mol. The van der Waals surface area contributed by atoms with Gasteiger partial charge in [0, 0.05) is 25.3 Å². The van der Waals surface area contributed by atoms with Crippen LogP contribution in [-0.4, -0.2) is 24.1 Å². The summed E-state index contributed by atoms with van der Waals surface area (Å²) in [5.41, 5.74) is 1.13. The smallest absolute Gasteiger partial charge is 0.147 e. The Bertz CT molecular complexity index is 366. The molecule has 4 heteroatoms. The van der Waals surface area contributed by atoms with Crippen LogP contribution in [0, 0.1) is 0 Å². The lowest BCUT2D eigenvalue weighted by molar-refractivity contribution is 0.660. The number of nitrogens with one attached hydrogen (secondary N) is 1. The number of rotatable bonds is 7. The molecule has 1 aromatic heterocycles. The van der Waals surface area contributed by atoms with Crippen LogP contribution in [0.25, 0.3) is 0 Å². The Hall–Kier alpha value is -0.800. The van der Waals surface area contributed by atoms with Gasteiger partial charge >= 0.3 is 0 Å². The lowest BCUT2D eigenvalue weighted by Crippen LogP contribution is -2.32. The van der Waals surface area contributed by atoms with Gasteiger partial charge in [-0.05, 0) is 38.4 Å². The molecular formula is C14H24ClN3. The van der Waals surface area contributed by atoms with E-state index in [2.05, 4.69) is 42.9 Å². The van der Waals surface area contributed by atoms with E-state index >= 15 is 0 Å². The second kappa shape index (κ2) is 7.59. The fourth-order valence-electron chi connectivity index (χ4n) is 1.90. The summed E-state index contributed by atoms with van der Waals surface area (Å²) in [6, 6.07) is 2.42. The highest BCUT2D eigenvalue weighted by atomic mass is 35.5. The van der Waals surface area contributed by atoms with Gasteiger partial charge in [0.1, 0.15) is 5.82 Å². The Morgan fingerprint density at radius 1 is 1.39 bits per heavy atom. The highest BCUT2D eigenvalue weighted by Crippen LogP contribution is 2.25. The summed E-state index contributed by atoms with van der Waals surface area (Å²) >= 11 is 6.35. The average molecular weight is 270 g/mol. The lowest BCUT2D eigenvalue weighted by atomic mass is 10.2. The first-order chi connectivity index (χ1) is 8.60. The predicted molar refractivity (Wildman–Crippen MR) is 79.4 cm³/mol. The molecule has 0 saturated heterocycles. The van der Waals surface area contributed by atoms with E-state index in [-0.39, 0.29) is 0 Å². The van der Waals surface area contributed by atoms with E-state index in [9.17, 15) is 0 Å². The van der Waals surface area contributed by atoms with Crippen LogP contribution in [0.4, 0.5) is 5.82 Å². The minimum absolute atomic E-state index is 0.412. The number of halogens is 1. The van der Waals surface area contributed by atoms with Crippen LogP contribution >= 0.6 is 11.6 Å². The number of aromatic nitrogens is 1. The van der Waals surface area contributed by atoms with Gasteiger partial charge in [0.2, 0.25) is 0 Å². The van der Waals surface area contributed by atoms with Gasteiger partial charge in [0.05, 0.1) is 5.02 Å². The van der Waals surface area contributed by atoms with Gasteiger partial charge in [-0.2, -0.15) is 0 Å². The molecule has 1 rings (SSSR count). The standard InChI is InChI=1S/C14H24ClN3/c1-5-7-18(11(3)4)14-13(15)8-12(10-17-14)9-16-6-2/h8,10-11,16H,5-7,9H2,1-4H3. The average Bonchev–Trinajstić information content (AvgIpc) is 2.34. The summed E-state index contributed by atoms with van der Waals surface area (Å²) in [6.07, 6.45) is 3.00. The Balaban J connectivity index is 2.88. The second-order valence-corrected chi connectivity index (χ2v) is 5.12. The molecule has 0 aliphatic carbocycles. The van der Waals surface area contributed by atoms with E-state index in [0.29, 0.717) is 6.04 Å². The zero-order valence-electron chi connectivity index (χ0n) is 11.8. The van der Waals surface area contributed by atoms with Crippen LogP contribution in [0.5, 0.6) is 0 Å². The predicted octanol–water partition coefficient (Wildman–Crippen LogP) is 3.47. The molecule has 0 fully saturated rings. The highest BCUT2D eigenvalue weighted by molar-refractivity contribution is 6.33. The van der Waals surface area contributed by atoms with Crippen LogP contribution in [-0.2, 0) is 6.54 Å². The first kappa shape index (κ1) is 15.3. The van der Waals surface area contributed by atoms with E-state index in [1.165, 1.54) is 0 Å². The van der Waals surface area contributed by atoms with Gasteiger partial charge < -0.3 is 10.2 Å². The molecule has 1 N–H and O–H groups in total.